The van der Waals surface area contributed by atoms with Crippen molar-refractivity contribution in [2.24, 2.45) is 0 Å². The van der Waals surface area contributed by atoms with E-state index < -0.39 is 12.0 Å². The number of hydrogen-bond acceptors (Lipinski definition) is 3. The zero-order valence-corrected chi connectivity index (χ0v) is 13.0. The Kier molecular flexibility index (Phi) is 4.03. The molecule has 0 spiro atoms. The Morgan fingerprint density at radius 2 is 2.10 bits per heavy atom. The molecule has 0 saturated heterocycles. The third kappa shape index (κ3) is 3.14. The van der Waals surface area contributed by atoms with Crippen molar-refractivity contribution in [3.8, 4) is 0 Å². The molecular formula is C16H15BrN2O2. The Hall–Kier alpha value is -1.72. The molecule has 1 atom stereocenters. The number of aromatic nitrogens is 1. The average Bonchev–Trinajstić information content (AvgIpc) is 2.46. The van der Waals surface area contributed by atoms with E-state index >= 15 is 0 Å². The van der Waals surface area contributed by atoms with Crippen molar-refractivity contribution in [2.75, 3.05) is 0 Å². The van der Waals surface area contributed by atoms with Crippen LogP contribution >= 0.6 is 15.9 Å². The number of nitrogens with zero attached hydrogens (tertiary/aromatic N) is 2. The predicted molar refractivity (Wildman–Crippen MR) is 82.8 cm³/mol. The Labute approximate surface area is 131 Å². The minimum absolute atomic E-state index is 0.487. The lowest BCUT2D eigenvalue weighted by molar-refractivity contribution is -0.144. The summed E-state index contributed by atoms with van der Waals surface area (Å²) in [7, 11) is 0. The lowest BCUT2D eigenvalue weighted by Gasteiger charge is -2.34. The number of fused-ring (bicyclic) bond motifs is 1. The van der Waals surface area contributed by atoms with Gasteiger partial charge in [-0.25, -0.2) is 0 Å². The molecule has 0 radical (unpaired) electrons. The highest BCUT2D eigenvalue weighted by Crippen LogP contribution is 2.25. The summed E-state index contributed by atoms with van der Waals surface area (Å²) >= 11 is 3.40. The number of pyridine rings is 1. The van der Waals surface area contributed by atoms with Crippen LogP contribution in [0.5, 0.6) is 0 Å². The molecule has 1 aliphatic heterocycles. The molecule has 21 heavy (non-hydrogen) atoms. The number of carboxylic acids is 1. The van der Waals surface area contributed by atoms with E-state index in [1.165, 1.54) is 5.56 Å². The van der Waals surface area contributed by atoms with Gasteiger partial charge in [-0.05, 0) is 45.1 Å². The third-order valence-electron chi connectivity index (χ3n) is 3.78. The Morgan fingerprint density at radius 1 is 1.33 bits per heavy atom. The molecule has 1 unspecified atom stereocenters. The van der Waals surface area contributed by atoms with Gasteiger partial charge in [-0.2, -0.15) is 0 Å². The van der Waals surface area contributed by atoms with E-state index in [1.807, 2.05) is 29.2 Å². The highest BCUT2D eigenvalue weighted by molar-refractivity contribution is 9.10. The highest BCUT2D eigenvalue weighted by Gasteiger charge is 2.31. The summed E-state index contributed by atoms with van der Waals surface area (Å²) in [6.45, 7) is 1.23. The second-order valence-electron chi connectivity index (χ2n) is 5.24. The molecule has 3 rings (SSSR count). The summed E-state index contributed by atoms with van der Waals surface area (Å²) in [6.07, 6.45) is 4.06. The SMILES string of the molecule is O=C(O)C1Cc2ccccc2CN1Cc1cncc(Br)c1. The van der Waals surface area contributed by atoms with Crippen molar-refractivity contribution in [3.63, 3.8) is 0 Å². The number of aliphatic carboxylic acids is 1. The molecule has 2 aromatic rings. The van der Waals surface area contributed by atoms with Crippen LogP contribution in [0.15, 0.2) is 47.2 Å². The minimum atomic E-state index is -0.771. The van der Waals surface area contributed by atoms with Crippen molar-refractivity contribution in [1.29, 1.82) is 0 Å². The first kappa shape index (κ1) is 14.2. The standard InChI is InChI=1S/C16H15BrN2O2/c17-14-5-11(7-18-8-14)9-19-10-13-4-2-1-3-12(13)6-15(19)16(20)21/h1-5,7-8,15H,6,9-10H2,(H,20,21). The Balaban J connectivity index is 1.87. The van der Waals surface area contributed by atoms with Crippen LogP contribution in [0, 0.1) is 0 Å². The molecule has 1 aliphatic rings. The van der Waals surface area contributed by atoms with Gasteiger partial charge in [0.25, 0.3) is 0 Å². The molecule has 1 N–H and O–H groups in total. The second-order valence-corrected chi connectivity index (χ2v) is 6.16. The smallest absolute Gasteiger partial charge is 0.321 e. The summed E-state index contributed by atoms with van der Waals surface area (Å²) < 4.78 is 0.907. The van der Waals surface area contributed by atoms with E-state index in [-0.39, 0.29) is 0 Å². The molecule has 0 fully saturated rings. The number of benzene rings is 1. The van der Waals surface area contributed by atoms with Gasteiger partial charge in [0, 0.05) is 30.0 Å². The van der Waals surface area contributed by atoms with E-state index in [1.54, 1.807) is 12.4 Å². The fraction of sp³-hybridized carbons (Fsp3) is 0.250. The molecular weight excluding hydrogens is 332 g/mol. The van der Waals surface area contributed by atoms with Crippen LogP contribution in [-0.4, -0.2) is 27.0 Å². The van der Waals surface area contributed by atoms with Crippen molar-refractivity contribution in [2.45, 2.75) is 25.6 Å². The summed E-state index contributed by atoms with van der Waals surface area (Å²) in [6, 6.07) is 9.54. The molecule has 0 aliphatic carbocycles. The molecule has 108 valence electrons. The third-order valence-corrected chi connectivity index (χ3v) is 4.21. The minimum Gasteiger partial charge on any atom is -0.480 e. The lowest BCUT2D eigenvalue weighted by Crippen LogP contribution is -2.45. The lowest BCUT2D eigenvalue weighted by atomic mass is 9.93. The maximum Gasteiger partial charge on any atom is 0.321 e. The van der Waals surface area contributed by atoms with Crippen LogP contribution in [0.25, 0.3) is 0 Å². The van der Waals surface area contributed by atoms with Crippen LogP contribution in [0.2, 0.25) is 0 Å². The molecule has 5 heteroatoms. The van der Waals surface area contributed by atoms with E-state index in [9.17, 15) is 9.90 Å². The summed E-state index contributed by atoms with van der Waals surface area (Å²) in [4.78, 5) is 17.7. The van der Waals surface area contributed by atoms with Crippen molar-refractivity contribution in [1.82, 2.24) is 9.88 Å². The number of carbonyl (C=O) groups is 1. The maximum atomic E-state index is 11.6. The number of hydrogen-bond donors (Lipinski definition) is 1. The summed E-state index contributed by atoms with van der Waals surface area (Å²) in [5.41, 5.74) is 3.35. The van der Waals surface area contributed by atoms with Gasteiger partial charge < -0.3 is 5.11 Å². The Morgan fingerprint density at radius 3 is 2.81 bits per heavy atom. The maximum absolute atomic E-state index is 11.6. The zero-order valence-electron chi connectivity index (χ0n) is 11.4. The van der Waals surface area contributed by atoms with Gasteiger partial charge in [-0.1, -0.05) is 24.3 Å². The first-order valence-corrected chi connectivity index (χ1v) is 7.56. The van der Waals surface area contributed by atoms with Gasteiger partial charge in [0.1, 0.15) is 6.04 Å². The van der Waals surface area contributed by atoms with Crippen molar-refractivity contribution < 1.29 is 9.90 Å². The number of rotatable bonds is 3. The molecule has 2 heterocycles. The van der Waals surface area contributed by atoms with E-state index in [4.69, 9.17) is 0 Å². The summed E-state index contributed by atoms with van der Waals surface area (Å²) in [5, 5.41) is 9.50. The molecule has 0 amide bonds. The van der Waals surface area contributed by atoms with Crippen LogP contribution < -0.4 is 0 Å². The summed E-state index contributed by atoms with van der Waals surface area (Å²) in [5.74, 6) is -0.771. The van der Waals surface area contributed by atoms with Crippen molar-refractivity contribution >= 4 is 21.9 Å². The highest BCUT2D eigenvalue weighted by atomic mass is 79.9. The molecule has 0 bridgehead atoms. The van der Waals surface area contributed by atoms with E-state index in [2.05, 4.69) is 27.0 Å². The Bertz CT molecular complexity index is 675. The quantitative estimate of drug-likeness (QED) is 0.928. The second kappa shape index (κ2) is 5.95. The number of halogens is 1. The normalized spacial score (nSPS) is 18.2. The van der Waals surface area contributed by atoms with Crippen molar-refractivity contribution in [3.05, 3.63) is 63.9 Å². The van der Waals surface area contributed by atoms with Gasteiger partial charge in [-0.15, -0.1) is 0 Å². The van der Waals surface area contributed by atoms with E-state index in [0.717, 1.165) is 15.6 Å². The van der Waals surface area contributed by atoms with Crippen LogP contribution in [0.3, 0.4) is 0 Å². The first-order chi connectivity index (χ1) is 10.1. The topological polar surface area (TPSA) is 53.4 Å². The van der Waals surface area contributed by atoms with Gasteiger partial charge in [0.15, 0.2) is 0 Å². The van der Waals surface area contributed by atoms with Crippen LogP contribution in [0.4, 0.5) is 0 Å². The monoisotopic (exact) mass is 346 g/mol. The first-order valence-electron chi connectivity index (χ1n) is 6.76. The van der Waals surface area contributed by atoms with E-state index in [0.29, 0.717) is 19.5 Å². The molecule has 0 saturated carbocycles. The zero-order chi connectivity index (χ0) is 14.8. The average molecular weight is 347 g/mol. The van der Waals surface area contributed by atoms with Crippen LogP contribution in [-0.2, 0) is 24.3 Å². The number of carboxylic acid groups (broad SMARTS) is 1. The molecule has 4 nitrogen and oxygen atoms in total. The van der Waals surface area contributed by atoms with Gasteiger partial charge in [-0.3, -0.25) is 14.7 Å². The fourth-order valence-corrected chi connectivity index (χ4v) is 3.18. The van der Waals surface area contributed by atoms with Gasteiger partial charge in [0.2, 0.25) is 0 Å². The van der Waals surface area contributed by atoms with Crippen LogP contribution in [0.1, 0.15) is 16.7 Å². The molecule has 1 aromatic carbocycles. The fourth-order valence-electron chi connectivity index (χ4n) is 2.76. The molecule has 1 aromatic heterocycles. The van der Waals surface area contributed by atoms with Gasteiger partial charge in [0.05, 0.1) is 0 Å². The largest absolute Gasteiger partial charge is 0.480 e. The predicted octanol–water partition coefficient (Wildman–Crippen LogP) is 2.86. The van der Waals surface area contributed by atoms with Gasteiger partial charge >= 0.3 is 5.97 Å².